The summed E-state index contributed by atoms with van der Waals surface area (Å²) in [7, 11) is 0. The van der Waals surface area contributed by atoms with Crippen molar-refractivity contribution in [3.05, 3.63) is 151 Å². The monoisotopic (exact) mass is 574 g/mol. The Morgan fingerprint density at radius 3 is 1.60 bits per heavy atom. The highest BCUT2D eigenvalue weighted by molar-refractivity contribution is 6.10. The first-order valence-electron chi connectivity index (χ1n) is 13.6. The molecule has 2 bridgehead atoms. The van der Waals surface area contributed by atoms with E-state index in [0.29, 0.717) is 5.56 Å². The largest absolute Gasteiger partial charge is 0.282 e. The van der Waals surface area contributed by atoms with E-state index in [1.807, 2.05) is 48.5 Å². The minimum absolute atomic E-state index is 0.174. The molecule has 1 aliphatic heterocycles. The molecule has 4 aromatic rings. The van der Waals surface area contributed by atoms with Crippen LogP contribution in [0.2, 0.25) is 0 Å². The zero-order valence-corrected chi connectivity index (χ0v) is 22.4. The summed E-state index contributed by atoms with van der Waals surface area (Å²) in [6.07, 6.45) is 0. The molecular formula is C32H22N4O7. The van der Waals surface area contributed by atoms with Gasteiger partial charge in [0.15, 0.2) is 0 Å². The van der Waals surface area contributed by atoms with Crippen LogP contribution in [-0.4, -0.2) is 37.6 Å². The number of hydrogen-bond acceptors (Lipinski definition) is 7. The van der Waals surface area contributed by atoms with Crippen LogP contribution in [0.25, 0.3) is 0 Å². The molecule has 3 aliphatic carbocycles. The van der Waals surface area contributed by atoms with Crippen molar-refractivity contribution in [2.45, 2.75) is 18.4 Å². The third-order valence-electron chi connectivity index (χ3n) is 8.71. The maximum Gasteiger partial charge on any atom is 0.282 e. The van der Waals surface area contributed by atoms with Gasteiger partial charge in [-0.1, -0.05) is 72.8 Å². The number of carbonyl (C=O) groups is 3. The third kappa shape index (κ3) is 3.85. The third-order valence-corrected chi connectivity index (χ3v) is 8.71. The van der Waals surface area contributed by atoms with E-state index in [9.17, 15) is 34.6 Å². The fraction of sp³-hybridized carbons (Fsp3) is 0.156. The number of hydrogen-bond donors (Lipinski definition) is 0. The lowest BCUT2D eigenvalue weighted by Crippen LogP contribution is -2.50. The van der Waals surface area contributed by atoms with Crippen molar-refractivity contribution < 1.29 is 24.2 Å². The molecule has 0 saturated carbocycles. The van der Waals surface area contributed by atoms with Crippen molar-refractivity contribution in [1.82, 2.24) is 10.0 Å². The van der Waals surface area contributed by atoms with Crippen LogP contribution in [-0.2, 0) is 16.1 Å². The van der Waals surface area contributed by atoms with E-state index in [4.69, 9.17) is 0 Å². The van der Waals surface area contributed by atoms with Gasteiger partial charge < -0.3 is 0 Å². The maximum absolute atomic E-state index is 14.4. The van der Waals surface area contributed by atoms with Gasteiger partial charge in [-0.15, -0.1) is 0 Å². The van der Waals surface area contributed by atoms with E-state index < -0.39 is 56.9 Å². The summed E-state index contributed by atoms with van der Waals surface area (Å²) >= 11 is 0. The molecule has 11 heteroatoms. The number of amides is 3. The standard InChI is InChI=1S/C32H22N4O7/c37-30(24-11-5-6-12-25(24)36(42)43)33(17-18-13-15-19(16-14-18)35(40)41)34-31(38)28-26-20-7-1-2-8-21(20)27(29(28)32(34)39)23-10-4-3-9-22(23)26/h1-16,26-29H,17H2/t26?,27?,28-,29-/m0/s1. The summed E-state index contributed by atoms with van der Waals surface area (Å²) in [5.74, 6) is -4.42. The average molecular weight is 575 g/mol. The number of nitro groups is 2. The maximum atomic E-state index is 14.4. The van der Waals surface area contributed by atoms with E-state index in [2.05, 4.69) is 0 Å². The number of carbonyl (C=O) groups excluding carboxylic acids is 3. The lowest BCUT2D eigenvalue weighted by Gasteiger charge is -2.45. The second-order valence-electron chi connectivity index (χ2n) is 10.8. The molecule has 8 rings (SSSR count). The molecule has 0 spiro atoms. The second kappa shape index (κ2) is 9.69. The molecule has 1 heterocycles. The summed E-state index contributed by atoms with van der Waals surface area (Å²) in [5.41, 5.74) is 3.29. The molecule has 0 aromatic heterocycles. The molecule has 2 atom stereocenters. The summed E-state index contributed by atoms with van der Waals surface area (Å²) < 4.78 is 0. The van der Waals surface area contributed by atoms with Crippen LogP contribution in [0.15, 0.2) is 97.1 Å². The highest BCUT2D eigenvalue weighted by atomic mass is 16.6. The molecule has 0 N–H and O–H groups in total. The SMILES string of the molecule is O=C(c1ccccc1[N+](=O)[O-])N(Cc1ccc([N+](=O)[O-])cc1)N1C(=O)[C@H]2C3c4ccccc4C(c4ccccc43)[C@@H]2C1=O. The van der Waals surface area contributed by atoms with E-state index in [-0.39, 0.29) is 17.8 Å². The van der Waals surface area contributed by atoms with Gasteiger partial charge in [-0.05, 0) is 33.9 Å². The fourth-order valence-corrected chi connectivity index (χ4v) is 6.98. The number of benzene rings is 4. The topological polar surface area (TPSA) is 144 Å². The van der Waals surface area contributed by atoms with Gasteiger partial charge in [0.2, 0.25) is 0 Å². The van der Waals surface area contributed by atoms with Gasteiger partial charge >= 0.3 is 0 Å². The molecule has 1 saturated heterocycles. The average Bonchev–Trinajstić information content (AvgIpc) is 3.29. The Kier molecular flexibility index (Phi) is 5.91. The van der Waals surface area contributed by atoms with Gasteiger partial charge in [0.25, 0.3) is 29.1 Å². The molecule has 4 aliphatic rings. The van der Waals surface area contributed by atoms with Crippen LogP contribution < -0.4 is 0 Å². The molecular weight excluding hydrogens is 552 g/mol. The number of para-hydroxylation sites is 1. The first kappa shape index (κ1) is 26.2. The van der Waals surface area contributed by atoms with Crippen LogP contribution in [0.5, 0.6) is 0 Å². The number of rotatable bonds is 6. The molecule has 0 radical (unpaired) electrons. The van der Waals surface area contributed by atoms with E-state index in [1.54, 1.807) is 0 Å². The summed E-state index contributed by atoms with van der Waals surface area (Å²) in [5, 5.41) is 24.8. The quantitative estimate of drug-likeness (QED) is 0.180. The van der Waals surface area contributed by atoms with E-state index in [0.717, 1.165) is 32.3 Å². The van der Waals surface area contributed by atoms with Gasteiger partial charge in [0, 0.05) is 30.0 Å². The van der Waals surface area contributed by atoms with Gasteiger partial charge in [0.05, 0.1) is 28.2 Å². The predicted molar refractivity (Wildman–Crippen MR) is 151 cm³/mol. The van der Waals surface area contributed by atoms with Crippen molar-refractivity contribution in [3.8, 4) is 0 Å². The predicted octanol–water partition coefficient (Wildman–Crippen LogP) is 4.95. The summed E-state index contributed by atoms with van der Waals surface area (Å²) in [4.78, 5) is 64.6. The Morgan fingerprint density at radius 2 is 1.14 bits per heavy atom. The molecule has 11 nitrogen and oxygen atoms in total. The lowest BCUT2D eigenvalue weighted by molar-refractivity contribution is -0.385. The Bertz CT molecular complexity index is 1760. The lowest BCUT2D eigenvalue weighted by atomic mass is 9.55. The molecule has 43 heavy (non-hydrogen) atoms. The van der Waals surface area contributed by atoms with E-state index >= 15 is 0 Å². The van der Waals surface area contributed by atoms with Gasteiger partial charge in [-0.2, -0.15) is 5.01 Å². The van der Waals surface area contributed by atoms with Crippen LogP contribution >= 0.6 is 0 Å². The van der Waals surface area contributed by atoms with Gasteiger partial charge in [0.1, 0.15) is 5.56 Å². The molecule has 1 fully saturated rings. The summed E-state index contributed by atoms with van der Waals surface area (Å²) in [6.45, 7) is -0.324. The van der Waals surface area contributed by atoms with Crippen molar-refractivity contribution in [2.75, 3.05) is 0 Å². The minimum atomic E-state index is -0.909. The Morgan fingerprint density at radius 1 is 0.674 bits per heavy atom. The zero-order valence-electron chi connectivity index (χ0n) is 22.4. The number of hydrazine groups is 1. The molecule has 3 amide bonds. The van der Waals surface area contributed by atoms with Crippen molar-refractivity contribution in [3.63, 3.8) is 0 Å². The highest BCUT2D eigenvalue weighted by Gasteiger charge is 2.63. The number of nitrogens with zero attached hydrogens (tertiary/aromatic N) is 4. The Balaban J connectivity index is 1.35. The number of non-ortho nitro benzene ring substituents is 1. The number of nitro benzene ring substituents is 2. The van der Waals surface area contributed by atoms with Gasteiger partial charge in [-0.3, -0.25) is 34.6 Å². The zero-order chi connectivity index (χ0) is 30.0. The number of imide groups is 1. The van der Waals surface area contributed by atoms with Crippen LogP contribution in [0, 0.1) is 32.1 Å². The molecule has 4 aromatic carbocycles. The minimum Gasteiger partial charge on any atom is -0.272 e. The first-order valence-corrected chi connectivity index (χ1v) is 13.6. The Hall–Kier alpha value is -5.71. The van der Waals surface area contributed by atoms with Crippen molar-refractivity contribution in [2.24, 2.45) is 11.8 Å². The normalized spacial score (nSPS) is 21.2. The van der Waals surface area contributed by atoms with Crippen molar-refractivity contribution >= 4 is 29.1 Å². The van der Waals surface area contributed by atoms with Crippen molar-refractivity contribution in [1.29, 1.82) is 0 Å². The molecule has 212 valence electrons. The Labute approximate surface area is 244 Å². The van der Waals surface area contributed by atoms with E-state index in [1.165, 1.54) is 48.5 Å². The van der Waals surface area contributed by atoms with Gasteiger partial charge in [-0.25, -0.2) is 5.01 Å². The van der Waals surface area contributed by atoms with Crippen LogP contribution in [0.3, 0.4) is 0 Å². The highest BCUT2D eigenvalue weighted by Crippen LogP contribution is 2.61. The molecule has 0 unspecified atom stereocenters. The second-order valence-corrected chi connectivity index (χ2v) is 10.8. The first-order chi connectivity index (χ1) is 20.8. The van der Waals surface area contributed by atoms with Crippen LogP contribution in [0.4, 0.5) is 11.4 Å². The summed E-state index contributed by atoms with van der Waals surface area (Å²) in [6, 6.07) is 26.1. The smallest absolute Gasteiger partial charge is 0.272 e. The van der Waals surface area contributed by atoms with Crippen LogP contribution in [0.1, 0.15) is 50.0 Å². The fourth-order valence-electron chi connectivity index (χ4n) is 6.98.